The minimum atomic E-state index is 0.0769. The highest BCUT2D eigenvalue weighted by atomic mass is 16.1. The van der Waals surface area contributed by atoms with E-state index in [-0.39, 0.29) is 11.3 Å². The molecule has 1 aliphatic carbocycles. The maximum absolute atomic E-state index is 11.3. The number of benzene rings is 1. The van der Waals surface area contributed by atoms with E-state index < -0.39 is 0 Å². The van der Waals surface area contributed by atoms with Gasteiger partial charge in [-0.25, -0.2) is 0 Å². The molecule has 2 rings (SSSR count). The third-order valence-corrected chi connectivity index (χ3v) is 3.45. The van der Waals surface area contributed by atoms with E-state index in [9.17, 15) is 4.79 Å². The molecule has 1 aliphatic rings. The third kappa shape index (κ3) is 2.45. The molecular weight excluding hydrogens is 220 g/mol. The SMILES string of the molecule is CC1=CC(c2ccc(C(C)(C)C)cc2C=O)C=C1. The first-order chi connectivity index (χ1) is 8.41. The molecule has 1 aromatic rings. The Balaban J connectivity index is 2.45. The fourth-order valence-electron chi connectivity index (χ4n) is 2.29. The Morgan fingerprint density at radius 1 is 1.22 bits per heavy atom. The Bertz CT molecular complexity index is 527. The summed E-state index contributed by atoms with van der Waals surface area (Å²) in [5.74, 6) is 0.249. The zero-order valence-corrected chi connectivity index (χ0v) is 11.5. The van der Waals surface area contributed by atoms with Crippen LogP contribution in [0, 0.1) is 0 Å². The molecule has 0 aromatic heterocycles. The van der Waals surface area contributed by atoms with Crippen molar-refractivity contribution in [3.05, 3.63) is 58.7 Å². The minimum absolute atomic E-state index is 0.0769. The van der Waals surface area contributed by atoms with Crippen LogP contribution in [-0.2, 0) is 5.41 Å². The Morgan fingerprint density at radius 2 is 1.94 bits per heavy atom. The molecule has 0 fully saturated rings. The van der Waals surface area contributed by atoms with E-state index in [1.165, 1.54) is 11.1 Å². The Kier molecular flexibility index (Phi) is 3.25. The molecule has 0 aliphatic heterocycles. The molecule has 0 radical (unpaired) electrons. The third-order valence-electron chi connectivity index (χ3n) is 3.45. The summed E-state index contributed by atoms with van der Waals surface area (Å²) in [5.41, 5.74) is 4.45. The molecule has 1 heteroatoms. The lowest BCUT2D eigenvalue weighted by Gasteiger charge is -2.21. The quantitative estimate of drug-likeness (QED) is 0.700. The molecule has 0 spiro atoms. The molecule has 1 unspecified atom stereocenters. The van der Waals surface area contributed by atoms with Gasteiger partial charge in [-0.1, -0.05) is 56.7 Å². The number of rotatable bonds is 2. The predicted molar refractivity (Wildman–Crippen MR) is 76.2 cm³/mol. The maximum atomic E-state index is 11.3. The van der Waals surface area contributed by atoms with Crippen molar-refractivity contribution in [3.63, 3.8) is 0 Å². The molecule has 0 amide bonds. The molecule has 0 bridgehead atoms. The number of carbonyl (C=O) groups excluding carboxylic acids is 1. The van der Waals surface area contributed by atoms with E-state index in [0.717, 1.165) is 17.4 Å². The van der Waals surface area contributed by atoms with Crippen LogP contribution in [0.4, 0.5) is 0 Å². The second-order valence-corrected chi connectivity index (χ2v) is 6.01. The summed E-state index contributed by atoms with van der Waals surface area (Å²) in [4.78, 5) is 11.3. The second kappa shape index (κ2) is 4.56. The fourth-order valence-corrected chi connectivity index (χ4v) is 2.29. The van der Waals surface area contributed by atoms with Gasteiger partial charge >= 0.3 is 0 Å². The first-order valence-corrected chi connectivity index (χ1v) is 6.38. The Morgan fingerprint density at radius 3 is 2.44 bits per heavy atom. The van der Waals surface area contributed by atoms with Gasteiger partial charge in [-0.05, 0) is 29.5 Å². The molecular formula is C17H20O. The molecule has 94 valence electrons. The monoisotopic (exact) mass is 240 g/mol. The van der Waals surface area contributed by atoms with Crippen molar-refractivity contribution < 1.29 is 4.79 Å². The number of hydrogen-bond donors (Lipinski definition) is 0. The van der Waals surface area contributed by atoms with Crippen LogP contribution in [-0.4, -0.2) is 6.29 Å². The van der Waals surface area contributed by atoms with E-state index in [1.807, 2.05) is 6.07 Å². The summed E-state index contributed by atoms with van der Waals surface area (Å²) in [6.45, 7) is 8.57. The van der Waals surface area contributed by atoms with Crippen molar-refractivity contribution in [1.82, 2.24) is 0 Å². The van der Waals surface area contributed by atoms with Crippen molar-refractivity contribution in [2.75, 3.05) is 0 Å². The van der Waals surface area contributed by atoms with Gasteiger partial charge in [-0.15, -0.1) is 0 Å². The summed E-state index contributed by atoms with van der Waals surface area (Å²) >= 11 is 0. The summed E-state index contributed by atoms with van der Waals surface area (Å²) in [6.07, 6.45) is 7.42. The zero-order valence-electron chi connectivity index (χ0n) is 11.5. The first kappa shape index (κ1) is 12.8. The lowest BCUT2D eigenvalue weighted by molar-refractivity contribution is 0.112. The maximum Gasteiger partial charge on any atom is 0.150 e. The number of allylic oxidation sites excluding steroid dienone is 4. The van der Waals surface area contributed by atoms with Crippen LogP contribution in [0.25, 0.3) is 0 Å². The van der Waals surface area contributed by atoms with E-state index in [0.29, 0.717) is 0 Å². The van der Waals surface area contributed by atoms with E-state index in [2.05, 4.69) is 58.1 Å². The van der Waals surface area contributed by atoms with Crippen LogP contribution in [0.3, 0.4) is 0 Å². The molecule has 18 heavy (non-hydrogen) atoms. The summed E-state index contributed by atoms with van der Waals surface area (Å²) in [5, 5.41) is 0. The number of hydrogen-bond acceptors (Lipinski definition) is 1. The number of aldehydes is 1. The lowest BCUT2D eigenvalue weighted by Crippen LogP contribution is -2.12. The van der Waals surface area contributed by atoms with Gasteiger partial charge in [0, 0.05) is 11.5 Å². The fraction of sp³-hybridized carbons (Fsp3) is 0.353. The van der Waals surface area contributed by atoms with Gasteiger partial charge in [0.1, 0.15) is 6.29 Å². The van der Waals surface area contributed by atoms with Crippen LogP contribution in [0.1, 0.15) is 55.1 Å². The standard InChI is InChI=1S/C17H20O/c1-12-5-6-13(9-12)16-8-7-15(17(2,3)4)10-14(16)11-18/h5-11,13H,1-4H3. The van der Waals surface area contributed by atoms with Gasteiger partial charge in [0.2, 0.25) is 0 Å². The smallest absolute Gasteiger partial charge is 0.150 e. The summed E-state index contributed by atoms with van der Waals surface area (Å²) in [7, 11) is 0. The normalized spacial score (nSPS) is 18.9. The molecule has 1 nitrogen and oxygen atoms in total. The highest BCUT2D eigenvalue weighted by Crippen LogP contribution is 2.31. The second-order valence-electron chi connectivity index (χ2n) is 6.01. The van der Waals surface area contributed by atoms with Crippen molar-refractivity contribution in [2.45, 2.75) is 39.0 Å². The van der Waals surface area contributed by atoms with Crippen molar-refractivity contribution in [3.8, 4) is 0 Å². The van der Waals surface area contributed by atoms with Crippen molar-refractivity contribution in [1.29, 1.82) is 0 Å². The molecule has 0 saturated heterocycles. The zero-order chi connectivity index (χ0) is 13.3. The highest BCUT2D eigenvalue weighted by Gasteiger charge is 2.18. The Labute approximate surface area is 109 Å². The molecule has 1 aromatic carbocycles. The Hall–Kier alpha value is -1.63. The summed E-state index contributed by atoms with van der Waals surface area (Å²) < 4.78 is 0. The molecule has 1 atom stereocenters. The molecule has 0 heterocycles. The lowest BCUT2D eigenvalue weighted by atomic mass is 9.83. The van der Waals surface area contributed by atoms with Crippen molar-refractivity contribution >= 4 is 6.29 Å². The average Bonchev–Trinajstić information content (AvgIpc) is 2.73. The van der Waals surface area contributed by atoms with Gasteiger partial charge < -0.3 is 0 Å². The summed E-state index contributed by atoms with van der Waals surface area (Å²) in [6, 6.07) is 6.25. The largest absolute Gasteiger partial charge is 0.298 e. The number of carbonyl (C=O) groups is 1. The molecule has 0 N–H and O–H groups in total. The van der Waals surface area contributed by atoms with E-state index >= 15 is 0 Å². The molecule has 0 saturated carbocycles. The average molecular weight is 240 g/mol. The van der Waals surface area contributed by atoms with Gasteiger partial charge in [-0.3, -0.25) is 4.79 Å². The van der Waals surface area contributed by atoms with E-state index in [4.69, 9.17) is 0 Å². The van der Waals surface area contributed by atoms with Gasteiger partial charge in [0.15, 0.2) is 0 Å². The van der Waals surface area contributed by atoms with Crippen LogP contribution >= 0.6 is 0 Å². The minimum Gasteiger partial charge on any atom is -0.298 e. The topological polar surface area (TPSA) is 17.1 Å². The van der Waals surface area contributed by atoms with E-state index in [1.54, 1.807) is 0 Å². The predicted octanol–water partition coefficient (Wildman–Crippen LogP) is 4.40. The van der Waals surface area contributed by atoms with Gasteiger partial charge in [-0.2, -0.15) is 0 Å². The van der Waals surface area contributed by atoms with Gasteiger partial charge in [0.25, 0.3) is 0 Å². The highest BCUT2D eigenvalue weighted by molar-refractivity contribution is 5.79. The first-order valence-electron chi connectivity index (χ1n) is 6.38. The van der Waals surface area contributed by atoms with Crippen LogP contribution < -0.4 is 0 Å². The van der Waals surface area contributed by atoms with Crippen LogP contribution in [0.5, 0.6) is 0 Å². The van der Waals surface area contributed by atoms with Crippen molar-refractivity contribution in [2.24, 2.45) is 0 Å². The van der Waals surface area contributed by atoms with Crippen LogP contribution in [0.15, 0.2) is 42.0 Å². The van der Waals surface area contributed by atoms with Crippen LogP contribution in [0.2, 0.25) is 0 Å². The van der Waals surface area contributed by atoms with Gasteiger partial charge in [0.05, 0.1) is 0 Å².